The summed E-state index contributed by atoms with van der Waals surface area (Å²) in [6.07, 6.45) is 0. The second-order valence-corrected chi connectivity index (χ2v) is 8.11. The van der Waals surface area contributed by atoms with Crippen LogP contribution in [0.25, 0.3) is 10.1 Å². The van der Waals surface area contributed by atoms with E-state index in [0.29, 0.717) is 5.02 Å². The number of benzene rings is 1. The molecule has 0 atom stereocenters. The van der Waals surface area contributed by atoms with Crippen LogP contribution in [0, 0.1) is 0 Å². The topological polar surface area (TPSA) is 34.1 Å². The largest absolute Gasteiger partial charge is 0.228 e. The Hall–Kier alpha value is -0.580. The summed E-state index contributed by atoms with van der Waals surface area (Å²) in [6, 6.07) is 5.63. The first-order valence-electron chi connectivity index (χ1n) is 5.28. The fraction of sp³-hybridized carbons (Fsp3) is 0.333. The molecule has 2 nitrogen and oxygen atoms in total. The average molecular weight is 289 g/mol. The molecule has 0 aliphatic carbocycles. The molecule has 1 aromatic heterocycles. The molecule has 0 aliphatic rings. The van der Waals surface area contributed by atoms with Crippen molar-refractivity contribution >= 4 is 42.9 Å². The molecule has 0 saturated heterocycles. The van der Waals surface area contributed by atoms with Gasteiger partial charge in [-0.05, 0) is 36.9 Å². The molecule has 0 aliphatic heterocycles. The van der Waals surface area contributed by atoms with Crippen molar-refractivity contribution in [3.05, 3.63) is 34.2 Å². The van der Waals surface area contributed by atoms with E-state index >= 15 is 0 Å². The first kappa shape index (κ1) is 12.9. The lowest BCUT2D eigenvalue weighted by molar-refractivity contribution is 0.587. The molecule has 1 heterocycles. The summed E-state index contributed by atoms with van der Waals surface area (Å²) < 4.78 is 24.9. The minimum Gasteiger partial charge on any atom is -0.228 e. The fourth-order valence-corrected chi connectivity index (χ4v) is 4.04. The molecule has 2 aromatic rings. The van der Waals surface area contributed by atoms with Crippen molar-refractivity contribution in [2.45, 2.75) is 24.9 Å². The van der Waals surface area contributed by atoms with E-state index in [4.69, 9.17) is 11.6 Å². The van der Waals surface area contributed by atoms with E-state index in [9.17, 15) is 8.42 Å². The number of rotatable bonds is 3. The van der Waals surface area contributed by atoms with E-state index in [2.05, 4.69) is 0 Å². The van der Waals surface area contributed by atoms with Crippen molar-refractivity contribution < 1.29 is 8.42 Å². The molecular formula is C12H13ClO2S2. The molecule has 92 valence electrons. The third-order valence-electron chi connectivity index (χ3n) is 2.70. The van der Waals surface area contributed by atoms with Crippen molar-refractivity contribution in [1.82, 2.24) is 0 Å². The highest BCUT2D eigenvalue weighted by atomic mass is 35.5. The van der Waals surface area contributed by atoms with Gasteiger partial charge in [-0.3, -0.25) is 0 Å². The van der Waals surface area contributed by atoms with Gasteiger partial charge in [0.25, 0.3) is 0 Å². The van der Waals surface area contributed by atoms with Crippen molar-refractivity contribution in [3.63, 3.8) is 0 Å². The first-order valence-corrected chi connectivity index (χ1v) is 8.25. The van der Waals surface area contributed by atoms with Crippen LogP contribution < -0.4 is 0 Å². The summed E-state index contributed by atoms with van der Waals surface area (Å²) in [5.74, 6) is 0.0639. The van der Waals surface area contributed by atoms with E-state index < -0.39 is 9.84 Å². The third kappa shape index (κ3) is 2.49. The third-order valence-corrected chi connectivity index (χ3v) is 6.16. The number of hydrogen-bond acceptors (Lipinski definition) is 3. The molecule has 0 bridgehead atoms. The molecule has 0 spiro atoms. The van der Waals surface area contributed by atoms with Gasteiger partial charge in [0, 0.05) is 15.1 Å². The van der Waals surface area contributed by atoms with E-state index in [-0.39, 0.29) is 11.0 Å². The average Bonchev–Trinajstić information content (AvgIpc) is 2.62. The molecule has 2 rings (SSSR count). The fourth-order valence-electron chi connectivity index (χ4n) is 1.60. The van der Waals surface area contributed by atoms with Gasteiger partial charge in [-0.15, -0.1) is 11.3 Å². The monoisotopic (exact) mass is 288 g/mol. The summed E-state index contributed by atoms with van der Waals surface area (Å²) in [5.41, 5.74) is 0.810. The summed E-state index contributed by atoms with van der Waals surface area (Å²) >= 11 is 7.66. The lowest BCUT2D eigenvalue weighted by Crippen LogP contribution is -2.15. The van der Waals surface area contributed by atoms with Crippen LogP contribution in [0.4, 0.5) is 0 Å². The molecule has 0 amide bonds. The smallest absolute Gasteiger partial charge is 0.156 e. The lowest BCUT2D eigenvalue weighted by atomic mass is 10.2. The van der Waals surface area contributed by atoms with Crippen molar-refractivity contribution in [2.24, 2.45) is 0 Å². The van der Waals surface area contributed by atoms with Crippen LogP contribution in [0.1, 0.15) is 19.4 Å². The minimum absolute atomic E-state index is 0.0639. The maximum Gasteiger partial charge on any atom is 0.156 e. The predicted octanol–water partition coefficient (Wildman–Crippen LogP) is 3.88. The Bertz CT molecular complexity index is 642. The van der Waals surface area contributed by atoms with Gasteiger partial charge >= 0.3 is 0 Å². The summed E-state index contributed by atoms with van der Waals surface area (Å²) in [7, 11) is -3.08. The molecule has 0 radical (unpaired) electrons. The van der Waals surface area contributed by atoms with Crippen LogP contribution in [-0.4, -0.2) is 13.7 Å². The van der Waals surface area contributed by atoms with Crippen molar-refractivity contribution in [1.29, 1.82) is 0 Å². The van der Waals surface area contributed by atoms with Gasteiger partial charge in [0.1, 0.15) is 0 Å². The highest BCUT2D eigenvalue weighted by molar-refractivity contribution is 7.91. The normalized spacial score (nSPS) is 12.5. The summed E-state index contributed by atoms with van der Waals surface area (Å²) in [6.45, 7) is 3.40. The Morgan fingerprint density at radius 1 is 1.35 bits per heavy atom. The Morgan fingerprint density at radius 2 is 2.06 bits per heavy atom. The Kier molecular flexibility index (Phi) is 3.48. The Balaban J connectivity index is 2.51. The van der Waals surface area contributed by atoms with Gasteiger partial charge in [-0.1, -0.05) is 17.7 Å². The zero-order chi connectivity index (χ0) is 12.6. The van der Waals surface area contributed by atoms with Crippen LogP contribution in [0.3, 0.4) is 0 Å². The molecule has 0 N–H and O–H groups in total. The van der Waals surface area contributed by atoms with Crippen molar-refractivity contribution in [3.8, 4) is 0 Å². The maximum absolute atomic E-state index is 11.9. The Morgan fingerprint density at radius 3 is 2.71 bits per heavy atom. The van der Waals surface area contributed by atoms with E-state index in [1.54, 1.807) is 19.9 Å². The van der Waals surface area contributed by atoms with Crippen LogP contribution in [-0.2, 0) is 15.6 Å². The van der Waals surface area contributed by atoms with Gasteiger partial charge in [0.2, 0.25) is 0 Å². The zero-order valence-electron chi connectivity index (χ0n) is 9.60. The number of hydrogen-bond donors (Lipinski definition) is 0. The van der Waals surface area contributed by atoms with Gasteiger partial charge in [-0.25, -0.2) is 8.42 Å². The maximum atomic E-state index is 11.9. The van der Waals surface area contributed by atoms with Gasteiger partial charge in [0.05, 0.1) is 11.0 Å². The Labute approximate surface area is 110 Å². The molecule has 0 unspecified atom stereocenters. The van der Waals surface area contributed by atoms with E-state index in [0.717, 1.165) is 15.6 Å². The lowest BCUT2D eigenvalue weighted by Gasteiger charge is -2.07. The van der Waals surface area contributed by atoms with Crippen LogP contribution in [0.2, 0.25) is 5.02 Å². The number of halogens is 1. The molecule has 17 heavy (non-hydrogen) atoms. The highest BCUT2D eigenvalue weighted by Gasteiger charge is 2.19. The number of thiophene rings is 1. The van der Waals surface area contributed by atoms with Gasteiger partial charge in [0.15, 0.2) is 9.84 Å². The quantitative estimate of drug-likeness (QED) is 0.859. The summed E-state index contributed by atoms with van der Waals surface area (Å²) in [4.78, 5) is 0. The van der Waals surface area contributed by atoms with Crippen LogP contribution >= 0.6 is 22.9 Å². The number of sulfone groups is 1. The first-order chi connectivity index (χ1) is 7.92. The second-order valence-electron chi connectivity index (χ2n) is 4.23. The molecule has 0 fully saturated rings. The molecular weight excluding hydrogens is 276 g/mol. The van der Waals surface area contributed by atoms with Crippen LogP contribution in [0.5, 0.6) is 0 Å². The molecule has 1 aromatic carbocycles. The van der Waals surface area contributed by atoms with Crippen molar-refractivity contribution in [2.75, 3.05) is 0 Å². The van der Waals surface area contributed by atoms with Gasteiger partial charge in [-0.2, -0.15) is 0 Å². The standard InChI is InChI=1S/C12H13ClO2S2/c1-8(2)17(14,15)7-9-6-16-11-5-3-4-10(13)12(9)11/h3-6,8H,7H2,1-2H3. The van der Waals surface area contributed by atoms with E-state index in [1.807, 2.05) is 17.5 Å². The second kappa shape index (κ2) is 4.59. The number of fused-ring (bicyclic) bond motifs is 1. The predicted molar refractivity (Wildman–Crippen MR) is 74.6 cm³/mol. The molecule has 0 saturated carbocycles. The van der Waals surface area contributed by atoms with Crippen LogP contribution in [0.15, 0.2) is 23.6 Å². The minimum atomic E-state index is -3.08. The molecule has 5 heteroatoms. The zero-order valence-corrected chi connectivity index (χ0v) is 12.0. The van der Waals surface area contributed by atoms with E-state index in [1.165, 1.54) is 11.3 Å². The van der Waals surface area contributed by atoms with Gasteiger partial charge < -0.3 is 0 Å². The highest BCUT2D eigenvalue weighted by Crippen LogP contribution is 2.33. The summed E-state index contributed by atoms with van der Waals surface area (Å²) in [5, 5.41) is 3.03. The SMILES string of the molecule is CC(C)S(=O)(=O)Cc1csc2cccc(Cl)c12.